The van der Waals surface area contributed by atoms with E-state index < -0.39 is 35.9 Å². The number of carbonyl (C=O) groups excluding carboxylic acids is 1. The third-order valence-electron chi connectivity index (χ3n) is 7.88. The number of ether oxygens (including phenoxy) is 1. The summed E-state index contributed by atoms with van der Waals surface area (Å²) in [7, 11) is 0. The first-order chi connectivity index (χ1) is 20.3. The van der Waals surface area contributed by atoms with Crippen LogP contribution in [0.2, 0.25) is 0 Å². The molecule has 0 fully saturated rings. The van der Waals surface area contributed by atoms with Gasteiger partial charge in [-0.15, -0.1) is 0 Å². The maximum absolute atomic E-state index is 15.8. The Morgan fingerprint density at radius 1 is 1.05 bits per heavy atom. The number of benzene rings is 3. The largest absolute Gasteiger partial charge is 0.488 e. The van der Waals surface area contributed by atoms with Crippen LogP contribution in [-0.2, 0) is 11.4 Å². The fraction of sp³-hybridized carbons (Fsp3) is 0.242. The Bertz CT molecular complexity index is 1700. The summed E-state index contributed by atoms with van der Waals surface area (Å²) in [6, 6.07) is 12.7. The molecule has 3 N–H and O–H groups in total. The number of hydrogen-bond acceptors (Lipinski definition) is 6. The molecule has 0 saturated heterocycles. The van der Waals surface area contributed by atoms with E-state index in [-0.39, 0.29) is 36.5 Å². The number of nitrogens with zero attached hydrogens (tertiary/aromatic N) is 1. The zero-order valence-electron chi connectivity index (χ0n) is 23.1. The number of hydrogen-bond donors (Lipinski definition) is 3. The Balaban J connectivity index is 1.55. The lowest BCUT2D eigenvalue weighted by Gasteiger charge is -2.36. The SMILES string of the molecule is Cc1cc2cc(c1F)[C@H](CCO)NC(=O)[C@@H](N1C=Cc3ccoc3C1O)c1cc(ccc1F)COc1cccc(C)c1-2. The molecule has 0 saturated carbocycles. The molecule has 1 unspecified atom stereocenters. The molecule has 0 radical (unpaired) electrons. The number of furan rings is 1. The molecule has 2 aliphatic heterocycles. The van der Waals surface area contributed by atoms with Gasteiger partial charge in [0.05, 0.1) is 12.3 Å². The molecule has 42 heavy (non-hydrogen) atoms. The summed E-state index contributed by atoms with van der Waals surface area (Å²) in [5.74, 6) is -1.12. The predicted octanol–water partition coefficient (Wildman–Crippen LogP) is 5.99. The van der Waals surface area contributed by atoms with Crippen LogP contribution >= 0.6 is 0 Å². The number of carbonyl (C=O) groups is 1. The highest BCUT2D eigenvalue weighted by Crippen LogP contribution is 2.40. The van der Waals surface area contributed by atoms with Gasteiger partial charge < -0.3 is 29.6 Å². The van der Waals surface area contributed by atoms with Gasteiger partial charge in [0.1, 0.15) is 30.0 Å². The summed E-state index contributed by atoms with van der Waals surface area (Å²) in [5, 5.41) is 24.0. The van der Waals surface area contributed by atoms with Crippen LogP contribution < -0.4 is 10.1 Å². The Morgan fingerprint density at radius 2 is 1.88 bits per heavy atom. The average molecular weight is 573 g/mol. The second-order valence-corrected chi connectivity index (χ2v) is 10.6. The van der Waals surface area contributed by atoms with Crippen LogP contribution in [0.25, 0.3) is 17.2 Å². The van der Waals surface area contributed by atoms with Gasteiger partial charge in [-0.25, -0.2) is 8.78 Å². The number of halogens is 2. The summed E-state index contributed by atoms with van der Waals surface area (Å²) < 4.78 is 43.0. The molecule has 7 nitrogen and oxygen atoms in total. The van der Waals surface area contributed by atoms with Gasteiger partial charge in [0.15, 0.2) is 12.0 Å². The Morgan fingerprint density at radius 3 is 2.69 bits per heavy atom. The van der Waals surface area contributed by atoms with E-state index in [1.165, 1.54) is 29.5 Å². The number of amides is 1. The quantitative estimate of drug-likeness (QED) is 0.279. The normalized spacial score (nSPS) is 19.8. The van der Waals surface area contributed by atoms with Crippen LogP contribution in [0.5, 0.6) is 5.75 Å². The molecule has 4 aromatic rings. The molecule has 3 heterocycles. The van der Waals surface area contributed by atoms with Gasteiger partial charge in [-0.05, 0) is 85.0 Å². The van der Waals surface area contributed by atoms with E-state index in [2.05, 4.69) is 5.32 Å². The topological polar surface area (TPSA) is 95.2 Å². The summed E-state index contributed by atoms with van der Waals surface area (Å²) >= 11 is 0. The second kappa shape index (κ2) is 11.1. The fourth-order valence-electron chi connectivity index (χ4n) is 5.79. The Kier molecular flexibility index (Phi) is 7.30. The molecule has 216 valence electrons. The van der Waals surface area contributed by atoms with E-state index in [0.717, 1.165) is 11.1 Å². The maximum atomic E-state index is 15.8. The maximum Gasteiger partial charge on any atom is 0.248 e. The summed E-state index contributed by atoms with van der Waals surface area (Å²) in [6.45, 7) is 3.29. The smallest absolute Gasteiger partial charge is 0.248 e. The van der Waals surface area contributed by atoms with Gasteiger partial charge >= 0.3 is 0 Å². The lowest BCUT2D eigenvalue weighted by atomic mass is 9.91. The number of aliphatic hydroxyl groups excluding tert-OH is 2. The lowest BCUT2D eigenvalue weighted by molar-refractivity contribution is -0.131. The molecule has 4 bridgehead atoms. The monoisotopic (exact) mass is 572 g/mol. The molecule has 0 spiro atoms. The van der Waals surface area contributed by atoms with E-state index in [9.17, 15) is 15.0 Å². The van der Waals surface area contributed by atoms with Crippen molar-refractivity contribution in [2.75, 3.05) is 6.61 Å². The minimum atomic E-state index is -1.40. The minimum Gasteiger partial charge on any atom is -0.488 e. The number of aryl methyl sites for hydroxylation is 2. The average Bonchev–Trinajstić information content (AvgIpc) is 3.45. The van der Waals surface area contributed by atoms with Crippen molar-refractivity contribution < 1.29 is 32.9 Å². The molecule has 3 aromatic carbocycles. The van der Waals surface area contributed by atoms with Crippen LogP contribution in [0, 0.1) is 25.5 Å². The van der Waals surface area contributed by atoms with Gasteiger partial charge in [0, 0.05) is 35.1 Å². The van der Waals surface area contributed by atoms with E-state index >= 15 is 8.78 Å². The first-order valence-corrected chi connectivity index (χ1v) is 13.7. The first-order valence-electron chi connectivity index (χ1n) is 13.7. The highest BCUT2D eigenvalue weighted by Gasteiger charge is 2.38. The molecular formula is C33H30F2N2O5. The van der Waals surface area contributed by atoms with Crippen LogP contribution in [0.15, 0.2) is 71.5 Å². The van der Waals surface area contributed by atoms with Crippen LogP contribution in [-0.4, -0.2) is 27.6 Å². The second-order valence-electron chi connectivity index (χ2n) is 10.6. The van der Waals surface area contributed by atoms with E-state index in [1.807, 2.05) is 25.1 Å². The predicted molar refractivity (Wildman–Crippen MR) is 152 cm³/mol. The van der Waals surface area contributed by atoms with Gasteiger partial charge in [0.25, 0.3) is 0 Å². The standard InChI is InChI=1S/C33H30F2N2O5/c1-18-4-3-5-27-28(18)22-14-19(2)29(35)24(16-22)26(9-12-38)36-32(39)30(23-15-20(17-42-27)6-7-25(23)34)37-11-8-21-10-13-41-31(21)33(37)40/h3-8,10-11,13-16,26,30,33,38,40H,9,12,17H2,1-2H3,(H,36,39)/t26-,30-,33?/m0/s1. The van der Waals surface area contributed by atoms with Crippen LogP contribution in [0.1, 0.15) is 63.9 Å². The van der Waals surface area contributed by atoms with Crippen molar-refractivity contribution in [3.8, 4) is 16.9 Å². The van der Waals surface area contributed by atoms with E-state index in [0.29, 0.717) is 28.0 Å². The molecule has 3 atom stereocenters. The summed E-state index contributed by atoms with van der Waals surface area (Å²) in [4.78, 5) is 15.4. The molecule has 1 aromatic heterocycles. The molecule has 9 heteroatoms. The molecule has 1 amide bonds. The summed E-state index contributed by atoms with van der Waals surface area (Å²) in [6.07, 6.45) is 3.18. The van der Waals surface area contributed by atoms with Crippen molar-refractivity contribution in [2.24, 2.45) is 0 Å². The molecule has 2 aliphatic rings. The number of fused-ring (bicyclic) bond motifs is 7. The zero-order valence-corrected chi connectivity index (χ0v) is 23.1. The van der Waals surface area contributed by atoms with E-state index in [1.54, 1.807) is 37.3 Å². The number of rotatable bonds is 3. The van der Waals surface area contributed by atoms with Crippen LogP contribution in [0.4, 0.5) is 8.78 Å². The van der Waals surface area contributed by atoms with Crippen molar-refractivity contribution in [2.45, 2.75) is 45.2 Å². The number of aliphatic hydroxyl groups is 2. The fourth-order valence-corrected chi connectivity index (χ4v) is 5.79. The van der Waals surface area contributed by atoms with Crippen molar-refractivity contribution in [3.05, 3.63) is 118 Å². The van der Waals surface area contributed by atoms with Crippen molar-refractivity contribution >= 4 is 12.0 Å². The first kappa shape index (κ1) is 27.7. The van der Waals surface area contributed by atoms with Gasteiger partial charge in [-0.3, -0.25) is 4.79 Å². The van der Waals surface area contributed by atoms with Gasteiger partial charge in [-0.1, -0.05) is 18.2 Å². The third-order valence-corrected chi connectivity index (χ3v) is 7.88. The summed E-state index contributed by atoms with van der Waals surface area (Å²) in [5.41, 5.74) is 4.12. The van der Waals surface area contributed by atoms with Gasteiger partial charge in [-0.2, -0.15) is 0 Å². The van der Waals surface area contributed by atoms with Crippen molar-refractivity contribution in [1.82, 2.24) is 10.2 Å². The zero-order chi connectivity index (χ0) is 29.5. The van der Waals surface area contributed by atoms with Gasteiger partial charge in [0.2, 0.25) is 5.91 Å². The van der Waals surface area contributed by atoms with Crippen molar-refractivity contribution in [3.63, 3.8) is 0 Å². The molecule has 0 aliphatic carbocycles. The Labute approximate surface area is 241 Å². The minimum absolute atomic E-state index is 0.00134. The van der Waals surface area contributed by atoms with Crippen LogP contribution in [0.3, 0.4) is 0 Å². The molecule has 6 rings (SSSR count). The van der Waals surface area contributed by atoms with E-state index in [4.69, 9.17) is 9.15 Å². The highest BCUT2D eigenvalue weighted by atomic mass is 19.1. The lowest BCUT2D eigenvalue weighted by Crippen LogP contribution is -2.42. The number of nitrogens with one attached hydrogen (secondary N) is 1. The van der Waals surface area contributed by atoms with Crippen molar-refractivity contribution in [1.29, 1.82) is 0 Å². The molecular weight excluding hydrogens is 542 g/mol. The third kappa shape index (κ3) is 4.84. The Hall–Kier alpha value is -4.47. The highest BCUT2D eigenvalue weighted by molar-refractivity contribution is 5.84.